The second-order valence-corrected chi connectivity index (χ2v) is 3.23. The number of hydrogen-bond donors (Lipinski definition) is 0. The first-order chi connectivity index (χ1) is 6.70. The summed E-state index contributed by atoms with van der Waals surface area (Å²) in [6.07, 6.45) is -2.39. The average Bonchev–Trinajstić information content (AvgIpc) is 2.74. The van der Waals surface area contributed by atoms with Gasteiger partial charge in [0.25, 0.3) is 0 Å². The number of anilines is 1. The van der Waals surface area contributed by atoms with Crippen molar-refractivity contribution in [3.63, 3.8) is 0 Å². The molecule has 2 atom stereocenters. The Kier molecular flexibility index (Phi) is 2.23. The summed E-state index contributed by atoms with van der Waals surface area (Å²) in [4.78, 5) is 11.7. The number of alkyl halides is 2. The molecule has 1 aromatic heterocycles. The van der Waals surface area contributed by atoms with Gasteiger partial charge >= 0.3 is 0 Å². The lowest BCUT2D eigenvalue weighted by atomic mass is 10.3. The van der Waals surface area contributed by atoms with E-state index >= 15 is 0 Å². The molecule has 0 radical (unpaired) electrons. The van der Waals surface area contributed by atoms with E-state index in [9.17, 15) is 13.6 Å². The number of nitrogens with zero attached hydrogens (tertiary/aromatic N) is 1. The molecule has 0 bridgehead atoms. The minimum Gasteiger partial charge on any atom is -0.438 e. The largest absolute Gasteiger partial charge is 0.438 e. The Labute approximate surface area is 79.3 Å². The maximum absolute atomic E-state index is 12.8. The lowest BCUT2D eigenvalue weighted by molar-refractivity contribution is 0.110. The van der Waals surface area contributed by atoms with Crippen molar-refractivity contribution in [1.29, 1.82) is 0 Å². The number of rotatable bonds is 2. The zero-order valence-electron chi connectivity index (χ0n) is 7.32. The Bertz CT molecular complexity index is 329. The van der Waals surface area contributed by atoms with Gasteiger partial charge in [0.05, 0.1) is 13.1 Å². The van der Waals surface area contributed by atoms with Crippen molar-refractivity contribution in [3.8, 4) is 0 Å². The molecule has 0 saturated carbocycles. The van der Waals surface area contributed by atoms with Crippen molar-refractivity contribution in [2.24, 2.45) is 0 Å². The predicted molar refractivity (Wildman–Crippen MR) is 46.1 cm³/mol. The highest BCUT2D eigenvalue weighted by molar-refractivity contribution is 5.71. The predicted octanol–water partition coefficient (Wildman–Crippen LogP) is 1.59. The maximum atomic E-state index is 12.8. The van der Waals surface area contributed by atoms with Gasteiger partial charge in [-0.15, -0.1) is 0 Å². The van der Waals surface area contributed by atoms with Gasteiger partial charge in [0.15, 0.2) is 30.3 Å². The van der Waals surface area contributed by atoms with Crippen LogP contribution >= 0.6 is 0 Å². The molecule has 0 N–H and O–H groups in total. The lowest BCUT2D eigenvalue weighted by Gasteiger charge is -2.12. The minimum atomic E-state index is -1.47. The van der Waals surface area contributed by atoms with Gasteiger partial charge in [-0.1, -0.05) is 0 Å². The van der Waals surface area contributed by atoms with Gasteiger partial charge < -0.3 is 9.32 Å². The molecule has 2 unspecified atom stereocenters. The summed E-state index contributed by atoms with van der Waals surface area (Å²) in [5.41, 5.74) is 0. The molecule has 76 valence electrons. The Balaban J connectivity index is 2.12. The van der Waals surface area contributed by atoms with Crippen molar-refractivity contribution in [2.75, 3.05) is 18.0 Å². The van der Waals surface area contributed by atoms with Crippen LogP contribution in [0, 0.1) is 0 Å². The third-order valence-electron chi connectivity index (χ3n) is 2.22. The maximum Gasteiger partial charge on any atom is 0.196 e. The number of hydrogen-bond acceptors (Lipinski definition) is 3. The summed E-state index contributed by atoms with van der Waals surface area (Å²) in [6.45, 7) is -0.0417. The number of carbonyl (C=O) groups is 1. The summed E-state index contributed by atoms with van der Waals surface area (Å²) in [5.74, 6) is 0.507. The van der Waals surface area contributed by atoms with E-state index < -0.39 is 12.3 Å². The van der Waals surface area contributed by atoms with Crippen LogP contribution in [-0.4, -0.2) is 31.7 Å². The number of carbonyl (C=O) groups excluding carboxylic acids is 1. The van der Waals surface area contributed by atoms with Crippen LogP contribution in [0.25, 0.3) is 0 Å². The smallest absolute Gasteiger partial charge is 0.196 e. The van der Waals surface area contributed by atoms with Crippen LogP contribution in [-0.2, 0) is 0 Å². The fraction of sp³-hybridized carbons (Fsp3) is 0.444. The van der Waals surface area contributed by atoms with Crippen LogP contribution in [0.4, 0.5) is 14.7 Å². The molecule has 2 rings (SSSR count). The van der Waals surface area contributed by atoms with E-state index in [1.54, 1.807) is 0 Å². The van der Waals surface area contributed by atoms with Crippen LogP contribution < -0.4 is 4.90 Å². The Morgan fingerprint density at radius 2 is 2.00 bits per heavy atom. The molecule has 3 nitrogen and oxygen atoms in total. The van der Waals surface area contributed by atoms with Crippen LogP contribution in [0.5, 0.6) is 0 Å². The molecule has 1 fully saturated rings. The molecule has 1 aliphatic rings. The molecule has 0 aromatic carbocycles. The SMILES string of the molecule is O=Cc1ccc(N2CC(F)C(F)C2)o1. The lowest BCUT2D eigenvalue weighted by Crippen LogP contribution is -2.19. The van der Waals surface area contributed by atoms with Gasteiger partial charge in [-0.05, 0) is 6.07 Å². The summed E-state index contributed by atoms with van der Waals surface area (Å²) >= 11 is 0. The standard InChI is InChI=1S/C9H9F2NO2/c10-7-3-12(4-8(7)11)9-2-1-6(5-13)14-9/h1-2,5,7-8H,3-4H2. The van der Waals surface area contributed by atoms with E-state index in [2.05, 4.69) is 0 Å². The number of furan rings is 1. The second-order valence-electron chi connectivity index (χ2n) is 3.23. The highest BCUT2D eigenvalue weighted by Crippen LogP contribution is 2.25. The second kappa shape index (κ2) is 3.40. The highest BCUT2D eigenvalue weighted by atomic mass is 19.2. The van der Waals surface area contributed by atoms with E-state index in [0.717, 1.165) is 0 Å². The first kappa shape index (κ1) is 9.18. The summed E-state index contributed by atoms with van der Waals surface area (Å²) in [5, 5.41) is 0. The zero-order valence-corrected chi connectivity index (χ0v) is 7.32. The molecule has 0 aliphatic carbocycles. The van der Waals surface area contributed by atoms with Gasteiger partial charge in [0.1, 0.15) is 0 Å². The molecule has 1 aromatic rings. The normalized spacial score (nSPS) is 26.9. The van der Waals surface area contributed by atoms with Crippen LogP contribution in [0.2, 0.25) is 0 Å². The summed E-state index contributed by atoms with van der Waals surface area (Å²) in [7, 11) is 0. The summed E-state index contributed by atoms with van der Waals surface area (Å²) < 4.78 is 30.7. The highest BCUT2D eigenvalue weighted by Gasteiger charge is 2.34. The van der Waals surface area contributed by atoms with Crippen molar-refractivity contribution in [3.05, 3.63) is 17.9 Å². The molecule has 1 saturated heterocycles. The van der Waals surface area contributed by atoms with Gasteiger partial charge in [-0.25, -0.2) is 8.78 Å². The minimum absolute atomic E-state index is 0.0209. The Hall–Kier alpha value is -1.39. The average molecular weight is 201 g/mol. The molecular weight excluding hydrogens is 192 g/mol. The first-order valence-corrected chi connectivity index (χ1v) is 4.29. The third kappa shape index (κ3) is 1.49. The fourth-order valence-electron chi connectivity index (χ4n) is 1.48. The number of halogens is 2. The van der Waals surface area contributed by atoms with E-state index in [1.807, 2.05) is 0 Å². The van der Waals surface area contributed by atoms with Crippen molar-refractivity contribution in [1.82, 2.24) is 0 Å². The van der Waals surface area contributed by atoms with E-state index in [-0.39, 0.29) is 18.8 Å². The van der Waals surface area contributed by atoms with Crippen LogP contribution in [0.15, 0.2) is 16.5 Å². The Morgan fingerprint density at radius 3 is 2.50 bits per heavy atom. The zero-order chi connectivity index (χ0) is 10.1. The van der Waals surface area contributed by atoms with Crippen molar-refractivity contribution < 1.29 is 18.0 Å². The van der Waals surface area contributed by atoms with E-state index in [1.165, 1.54) is 17.0 Å². The quantitative estimate of drug-likeness (QED) is 0.681. The van der Waals surface area contributed by atoms with Crippen molar-refractivity contribution >= 4 is 12.2 Å². The number of aldehydes is 1. The summed E-state index contributed by atoms with van der Waals surface area (Å²) in [6, 6.07) is 3.01. The fourth-order valence-corrected chi connectivity index (χ4v) is 1.48. The molecule has 1 aliphatic heterocycles. The van der Waals surface area contributed by atoms with Gasteiger partial charge in [0.2, 0.25) is 0 Å². The molecule has 2 heterocycles. The molecular formula is C9H9F2NO2. The van der Waals surface area contributed by atoms with Gasteiger partial charge in [-0.2, -0.15) is 0 Å². The molecule has 0 amide bonds. The molecule has 14 heavy (non-hydrogen) atoms. The van der Waals surface area contributed by atoms with E-state index in [0.29, 0.717) is 12.2 Å². The van der Waals surface area contributed by atoms with Gasteiger partial charge in [0, 0.05) is 6.07 Å². The Morgan fingerprint density at radius 1 is 1.36 bits per heavy atom. The third-order valence-corrected chi connectivity index (χ3v) is 2.22. The van der Waals surface area contributed by atoms with Gasteiger partial charge in [-0.3, -0.25) is 4.79 Å². The monoisotopic (exact) mass is 201 g/mol. The van der Waals surface area contributed by atoms with Crippen LogP contribution in [0.3, 0.4) is 0 Å². The molecule has 5 heteroatoms. The topological polar surface area (TPSA) is 33.5 Å². The first-order valence-electron chi connectivity index (χ1n) is 4.29. The van der Waals surface area contributed by atoms with E-state index in [4.69, 9.17) is 4.42 Å². The van der Waals surface area contributed by atoms with Crippen LogP contribution in [0.1, 0.15) is 10.6 Å². The molecule has 0 spiro atoms. The van der Waals surface area contributed by atoms with Crippen molar-refractivity contribution in [2.45, 2.75) is 12.3 Å².